The standard InChI is InChI=1S/C22H18FN3O2/c1-28-16-6-4-5-15(11-16)26-21(14-9-10-20(23)25-12-14)22(27)18-13-24-19-8-3-2-7-17(18)19/h2-13,21,24,26H,1H3. The van der Waals surface area contributed by atoms with Crippen LogP contribution in [0.15, 0.2) is 73.1 Å². The highest BCUT2D eigenvalue weighted by Gasteiger charge is 2.25. The lowest BCUT2D eigenvalue weighted by atomic mass is 9.97. The Hall–Kier alpha value is -3.67. The summed E-state index contributed by atoms with van der Waals surface area (Å²) in [6.07, 6.45) is 3.07. The molecule has 2 aromatic heterocycles. The van der Waals surface area contributed by atoms with Crippen LogP contribution in [0.2, 0.25) is 0 Å². The Labute approximate surface area is 161 Å². The molecule has 0 aliphatic carbocycles. The first-order valence-corrected chi connectivity index (χ1v) is 8.78. The Morgan fingerprint density at radius 3 is 2.79 bits per heavy atom. The number of para-hydroxylation sites is 1. The largest absolute Gasteiger partial charge is 0.497 e. The molecular formula is C22H18FN3O2. The van der Waals surface area contributed by atoms with Crippen LogP contribution in [0.25, 0.3) is 10.9 Å². The second-order valence-electron chi connectivity index (χ2n) is 6.34. The van der Waals surface area contributed by atoms with Gasteiger partial charge in [-0.3, -0.25) is 4.79 Å². The van der Waals surface area contributed by atoms with Crippen molar-refractivity contribution in [3.8, 4) is 5.75 Å². The normalized spacial score (nSPS) is 11.9. The number of hydrogen-bond donors (Lipinski definition) is 2. The van der Waals surface area contributed by atoms with E-state index in [-0.39, 0.29) is 5.78 Å². The molecule has 2 aromatic carbocycles. The quantitative estimate of drug-likeness (QED) is 0.377. The van der Waals surface area contributed by atoms with Crippen LogP contribution in [0.5, 0.6) is 5.75 Å². The summed E-state index contributed by atoms with van der Waals surface area (Å²) in [5, 5.41) is 4.07. The Morgan fingerprint density at radius 1 is 1.14 bits per heavy atom. The molecule has 2 heterocycles. The molecule has 140 valence electrons. The highest BCUT2D eigenvalue weighted by molar-refractivity contribution is 6.11. The van der Waals surface area contributed by atoms with E-state index in [9.17, 15) is 9.18 Å². The van der Waals surface area contributed by atoms with Gasteiger partial charge in [0.15, 0.2) is 5.78 Å². The van der Waals surface area contributed by atoms with Gasteiger partial charge in [0.2, 0.25) is 5.95 Å². The van der Waals surface area contributed by atoms with Gasteiger partial charge in [0.25, 0.3) is 0 Å². The molecule has 2 N–H and O–H groups in total. The number of nitrogens with one attached hydrogen (secondary N) is 2. The smallest absolute Gasteiger partial charge is 0.212 e. The Kier molecular flexibility index (Phi) is 4.76. The van der Waals surface area contributed by atoms with E-state index in [2.05, 4.69) is 15.3 Å². The molecule has 0 spiro atoms. The van der Waals surface area contributed by atoms with E-state index in [1.54, 1.807) is 25.4 Å². The van der Waals surface area contributed by atoms with Crippen LogP contribution in [0.1, 0.15) is 22.0 Å². The first kappa shape index (κ1) is 17.7. The van der Waals surface area contributed by atoms with E-state index < -0.39 is 12.0 Å². The van der Waals surface area contributed by atoms with Crippen LogP contribution in [0.3, 0.4) is 0 Å². The highest BCUT2D eigenvalue weighted by Crippen LogP contribution is 2.28. The Morgan fingerprint density at radius 2 is 2.00 bits per heavy atom. The van der Waals surface area contributed by atoms with E-state index in [1.165, 1.54) is 12.3 Å². The molecule has 1 atom stereocenters. The molecule has 1 unspecified atom stereocenters. The lowest BCUT2D eigenvalue weighted by Gasteiger charge is -2.19. The van der Waals surface area contributed by atoms with Crippen molar-refractivity contribution in [3.05, 3.63) is 90.1 Å². The molecule has 0 amide bonds. The second-order valence-corrected chi connectivity index (χ2v) is 6.34. The summed E-state index contributed by atoms with van der Waals surface area (Å²) in [6, 6.07) is 17.0. The number of carbonyl (C=O) groups excluding carboxylic acids is 1. The van der Waals surface area contributed by atoms with Gasteiger partial charge in [0, 0.05) is 46.2 Å². The molecule has 0 bridgehead atoms. The Balaban J connectivity index is 1.75. The molecule has 0 fully saturated rings. The molecule has 0 aliphatic rings. The number of pyridine rings is 1. The Bertz CT molecular complexity index is 1120. The number of aromatic amines is 1. The minimum absolute atomic E-state index is 0.145. The number of rotatable bonds is 6. The third kappa shape index (κ3) is 3.44. The molecule has 0 radical (unpaired) electrons. The highest BCUT2D eigenvalue weighted by atomic mass is 19.1. The molecular weight excluding hydrogens is 357 g/mol. The van der Waals surface area contributed by atoms with Crippen LogP contribution < -0.4 is 10.1 Å². The number of ketones is 1. The maximum Gasteiger partial charge on any atom is 0.212 e. The number of carbonyl (C=O) groups is 1. The average molecular weight is 375 g/mol. The van der Waals surface area contributed by atoms with Gasteiger partial charge in [-0.1, -0.05) is 30.3 Å². The van der Waals surface area contributed by atoms with Crippen molar-refractivity contribution in [3.63, 3.8) is 0 Å². The number of hydrogen-bond acceptors (Lipinski definition) is 4. The maximum atomic E-state index is 13.4. The maximum absolute atomic E-state index is 13.4. The summed E-state index contributed by atoms with van der Waals surface area (Å²) in [7, 11) is 1.58. The molecule has 0 aliphatic heterocycles. The zero-order chi connectivity index (χ0) is 19.5. The van der Waals surface area contributed by atoms with Gasteiger partial charge in [-0.25, -0.2) is 4.98 Å². The predicted molar refractivity (Wildman–Crippen MR) is 106 cm³/mol. The molecule has 4 rings (SSSR count). The molecule has 0 saturated carbocycles. The van der Waals surface area contributed by atoms with Crippen LogP contribution in [-0.4, -0.2) is 22.9 Å². The fourth-order valence-electron chi connectivity index (χ4n) is 3.17. The van der Waals surface area contributed by atoms with Crippen LogP contribution in [0.4, 0.5) is 10.1 Å². The van der Waals surface area contributed by atoms with E-state index >= 15 is 0 Å². The number of aromatic nitrogens is 2. The molecule has 6 heteroatoms. The topological polar surface area (TPSA) is 67.0 Å². The first-order chi connectivity index (χ1) is 13.7. The summed E-state index contributed by atoms with van der Waals surface area (Å²) in [5.41, 5.74) is 2.71. The van der Waals surface area contributed by atoms with Gasteiger partial charge < -0.3 is 15.0 Å². The fourth-order valence-corrected chi connectivity index (χ4v) is 3.17. The minimum Gasteiger partial charge on any atom is -0.497 e. The van der Waals surface area contributed by atoms with Crippen molar-refractivity contribution in [1.29, 1.82) is 0 Å². The van der Waals surface area contributed by atoms with Gasteiger partial charge in [0.1, 0.15) is 11.8 Å². The van der Waals surface area contributed by atoms with Crippen molar-refractivity contribution >= 4 is 22.4 Å². The van der Waals surface area contributed by atoms with Crippen LogP contribution in [-0.2, 0) is 0 Å². The number of Topliss-reactive ketones (excluding diaryl/α,β-unsaturated/α-hetero) is 1. The summed E-state index contributed by atoms with van der Waals surface area (Å²) in [6.45, 7) is 0. The van der Waals surface area contributed by atoms with Crippen molar-refractivity contribution in [1.82, 2.24) is 9.97 Å². The number of halogens is 1. The minimum atomic E-state index is -0.737. The number of fused-ring (bicyclic) bond motifs is 1. The number of methoxy groups -OCH3 is 1. The van der Waals surface area contributed by atoms with Gasteiger partial charge >= 0.3 is 0 Å². The lowest BCUT2D eigenvalue weighted by Crippen LogP contribution is -2.21. The van der Waals surface area contributed by atoms with Crippen molar-refractivity contribution in [2.24, 2.45) is 0 Å². The first-order valence-electron chi connectivity index (χ1n) is 8.78. The second kappa shape index (κ2) is 7.52. The van der Waals surface area contributed by atoms with E-state index in [0.717, 1.165) is 10.9 Å². The summed E-state index contributed by atoms with van der Waals surface area (Å²) in [4.78, 5) is 20.3. The molecule has 4 aromatic rings. The van der Waals surface area contributed by atoms with Gasteiger partial charge in [-0.2, -0.15) is 4.39 Å². The number of anilines is 1. The zero-order valence-corrected chi connectivity index (χ0v) is 15.1. The predicted octanol–water partition coefficient (Wildman–Crippen LogP) is 4.75. The molecule has 5 nitrogen and oxygen atoms in total. The summed E-state index contributed by atoms with van der Waals surface area (Å²) in [5.74, 6) is -0.0716. The zero-order valence-electron chi connectivity index (χ0n) is 15.1. The lowest BCUT2D eigenvalue weighted by molar-refractivity contribution is 0.0971. The molecule has 28 heavy (non-hydrogen) atoms. The van der Waals surface area contributed by atoms with Gasteiger partial charge in [-0.05, 0) is 24.3 Å². The van der Waals surface area contributed by atoms with E-state index in [0.29, 0.717) is 22.6 Å². The van der Waals surface area contributed by atoms with Gasteiger partial charge in [0.05, 0.1) is 7.11 Å². The van der Waals surface area contributed by atoms with Crippen molar-refractivity contribution < 1.29 is 13.9 Å². The third-order valence-electron chi connectivity index (χ3n) is 4.58. The number of nitrogens with zero attached hydrogens (tertiary/aromatic N) is 1. The van der Waals surface area contributed by atoms with Crippen LogP contribution in [0, 0.1) is 5.95 Å². The van der Waals surface area contributed by atoms with Crippen LogP contribution >= 0.6 is 0 Å². The average Bonchev–Trinajstić information content (AvgIpc) is 3.17. The van der Waals surface area contributed by atoms with Crippen molar-refractivity contribution in [2.45, 2.75) is 6.04 Å². The number of benzene rings is 2. The number of ether oxygens (including phenoxy) is 1. The van der Waals surface area contributed by atoms with Gasteiger partial charge in [-0.15, -0.1) is 0 Å². The SMILES string of the molecule is COc1cccc(NC(C(=O)c2c[nH]c3ccccc23)c2ccc(F)nc2)c1. The van der Waals surface area contributed by atoms with Crippen molar-refractivity contribution in [2.75, 3.05) is 12.4 Å². The van der Waals surface area contributed by atoms with E-state index in [1.807, 2.05) is 42.5 Å². The fraction of sp³-hybridized carbons (Fsp3) is 0.0909. The summed E-state index contributed by atoms with van der Waals surface area (Å²) >= 11 is 0. The van der Waals surface area contributed by atoms with E-state index in [4.69, 9.17) is 4.74 Å². The monoisotopic (exact) mass is 375 g/mol. The molecule has 0 saturated heterocycles. The number of H-pyrrole nitrogens is 1. The third-order valence-corrected chi connectivity index (χ3v) is 4.58. The summed E-state index contributed by atoms with van der Waals surface area (Å²) < 4.78 is 18.6.